The second-order valence-electron chi connectivity index (χ2n) is 4.23. The van der Waals surface area contributed by atoms with Gasteiger partial charge in [0, 0.05) is 19.6 Å². The van der Waals surface area contributed by atoms with Gasteiger partial charge in [-0.3, -0.25) is 10.2 Å². The molecule has 0 radical (unpaired) electrons. The van der Waals surface area contributed by atoms with E-state index in [4.69, 9.17) is 5.11 Å². The van der Waals surface area contributed by atoms with Crippen molar-refractivity contribution >= 4 is 5.97 Å². The molecule has 0 aromatic carbocycles. The Labute approximate surface area is 78.9 Å². The van der Waals surface area contributed by atoms with Gasteiger partial charge in [0.15, 0.2) is 0 Å². The Kier molecular flexibility index (Phi) is 3.27. The van der Waals surface area contributed by atoms with Gasteiger partial charge in [-0.05, 0) is 26.7 Å². The lowest BCUT2D eigenvalue weighted by Crippen LogP contribution is -2.49. The van der Waals surface area contributed by atoms with Crippen molar-refractivity contribution < 1.29 is 9.90 Å². The van der Waals surface area contributed by atoms with Crippen LogP contribution < -0.4 is 5.43 Å². The first kappa shape index (κ1) is 10.5. The third kappa shape index (κ3) is 2.97. The summed E-state index contributed by atoms with van der Waals surface area (Å²) >= 11 is 0. The molecule has 4 nitrogen and oxygen atoms in total. The Balaban J connectivity index is 2.41. The van der Waals surface area contributed by atoms with E-state index in [2.05, 4.69) is 5.43 Å². The second kappa shape index (κ2) is 4.07. The molecular weight excluding hydrogens is 168 g/mol. The van der Waals surface area contributed by atoms with Crippen LogP contribution in [0.1, 0.15) is 26.7 Å². The van der Waals surface area contributed by atoms with Crippen molar-refractivity contribution in [2.45, 2.75) is 26.7 Å². The summed E-state index contributed by atoms with van der Waals surface area (Å²) in [4.78, 5) is 10.8. The maximum atomic E-state index is 10.8. The molecule has 4 heteroatoms. The molecule has 0 amide bonds. The van der Waals surface area contributed by atoms with Crippen LogP contribution in [0, 0.1) is 5.41 Å². The van der Waals surface area contributed by atoms with Gasteiger partial charge >= 0.3 is 5.97 Å². The van der Waals surface area contributed by atoms with Crippen LogP contribution >= 0.6 is 0 Å². The van der Waals surface area contributed by atoms with Crippen LogP contribution in [0.3, 0.4) is 0 Å². The fourth-order valence-corrected chi connectivity index (χ4v) is 1.42. The molecule has 0 spiro atoms. The largest absolute Gasteiger partial charge is 0.481 e. The van der Waals surface area contributed by atoms with Gasteiger partial charge in [0.25, 0.3) is 0 Å². The van der Waals surface area contributed by atoms with E-state index < -0.39 is 11.4 Å². The molecule has 0 bridgehead atoms. The van der Waals surface area contributed by atoms with Gasteiger partial charge in [-0.1, -0.05) is 0 Å². The first-order valence-electron chi connectivity index (χ1n) is 4.74. The molecule has 1 aliphatic heterocycles. The molecule has 0 unspecified atom stereocenters. The highest BCUT2D eigenvalue weighted by Gasteiger charge is 2.30. The summed E-state index contributed by atoms with van der Waals surface area (Å²) in [5, 5.41) is 10.9. The van der Waals surface area contributed by atoms with Crippen LogP contribution in [0.2, 0.25) is 0 Å². The van der Waals surface area contributed by atoms with Gasteiger partial charge in [0.2, 0.25) is 0 Å². The normalized spacial score (nSPS) is 20.2. The van der Waals surface area contributed by atoms with Crippen LogP contribution in [-0.4, -0.2) is 35.7 Å². The number of nitrogens with zero attached hydrogens (tertiary/aromatic N) is 1. The van der Waals surface area contributed by atoms with E-state index in [-0.39, 0.29) is 0 Å². The van der Waals surface area contributed by atoms with Crippen molar-refractivity contribution in [2.75, 3.05) is 19.6 Å². The number of hydrogen-bond donors (Lipinski definition) is 2. The molecule has 1 heterocycles. The van der Waals surface area contributed by atoms with Gasteiger partial charge in [-0.25, -0.2) is 5.01 Å². The van der Waals surface area contributed by atoms with Crippen molar-refractivity contribution in [1.82, 2.24) is 10.4 Å². The van der Waals surface area contributed by atoms with E-state index in [1.165, 1.54) is 6.42 Å². The molecule has 1 aliphatic rings. The van der Waals surface area contributed by atoms with Crippen LogP contribution in [0.5, 0.6) is 0 Å². The molecule has 76 valence electrons. The summed E-state index contributed by atoms with van der Waals surface area (Å²) in [6, 6.07) is 0. The number of nitrogens with one attached hydrogen (secondary N) is 1. The third-order valence-electron chi connectivity index (χ3n) is 2.36. The molecule has 0 saturated carbocycles. The van der Waals surface area contributed by atoms with Gasteiger partial charge in [0.05, 0.1) is 5.41 Å². The molecule has 0 atom stereocenters. The first-order chi connectivity index (χ1) is 6.02. The van der Waals surface area contributed by atoms with Gasteiger partial charge in [-0.15, -0.1) is 0 Å². The van der Waals surface area contributed by atoms with Crippen LogP contribution in [0.25, 0.3) is 0 Å². The van der Waals surface area contributed by atoms with Crippen molar-refractivity contribution in [3.8, 4) is 0 Å². The molecule has 0 aromatic rings. The predicted molar refractivity (Wildman–Crippen MR) is 50.2 cm³/mol. The maximum absolute atomic E-state index is 10.8. The number of hydrogen-bond acceptors (Lipinski definition) is 3. The molecule has 1 saturated heterocycles. The number of rotatable bonds is 3. The second-order valence-corrected chi connectivity index (χ2v) is 4.23. The van der Waals surface area contributed by atoms with Crippen molar-refractivity contribution in [3.05, 3.63) is 0 Å². The average Bonchev–Trinajstić information content (AvgIpc) is 2.05. The summed E-state index contributed by atoms with van der Waals surface area (Å²) < 4.78 is 0. The number of carbonyl (C=O) groups is 1. The van der Waals surface area contributed by atoms with Crippen LogP contribution in [0.4, 0.5) is 0 Å². The molecular formula is C9H18N2O2. The highest BCUT2D eigenvalue weighted by atomic mass is 16.4. The third-order valence-corrected chi connectivity index (χ3v) is 2.36. The van der Waals surface area contributed by atoms with Crippen molar-refractivity contribution in [2.24, 2.45) is 5.41 Å². The minimum Gasteiger partial charge on any atom is -0.481 e. The molecule has 0 aliphatic carbocycles. The lowest BCUT2D eigenvalue weighted by molar-refractivity contribution is -0.148. The Morgan fingerprint density at radius 3 is 2.69 bits per heavy atom. The van der Waals surface area contributed by atoms with Gasteiger partial charge in [0.1, 0.15) is 0 Å². The number of aliphatic carboxylic acids is 1. The zero-order valence-electron chi connectivity index (χ0n) is 8.34. The number of carboxylic acids is 1. The van der Waals surface area contributed by atoms with E-state index in [9.17, 15) is 4.79 Å². The maximum Gasteiger partial charge on any atom is 0.310 e. The number of hydrazine groups is 1. The molecule has 0 aromatic heterocycles. The summed E-state index contributed by atoms with van der Waals surface area (Å²) in [5.41, 5.74) is 2.54. The fourth-order valence-electron chi connectivity index (χ4n) is 1.42. The SMILES string of the molecule is CC(C)(CN1CCCCN1)C(=O)O. The highest BCUT2D eigenvalue weighted by molar-refractivity contribution is 5.73. The van der Waals surface area contributed by atoms with Crippen molar-refractivity contribution in [3.63, 3.8) is 0 Å². The molecule has 1 fully saturated rings. The van der Waals surface area contributed by atoms with Crippen LogP contribution in [0.15, 0.2) is 0 Å². The van der Waals surface area contributed by atoms with Crippen LogP contribution in [-0.2, 0) is 4.79 Å². The average molecular weight is 186 g/mol. The smallest absolute Gasteiger partial charge is 0.310 e. The summed E-state index contributed by atoms with van der Waals surface area (Å²) in [6.45, 7) is 6.01. The minimum atomic E-state index is -0.736. The highest BCUT2D eigenvalue weighted by Crippen LogP contribution is 2.17. The lowest BCUT2D eigenvalue weighted by Gasteiger charge is -2.32. The minimum absolute atomic E-state index is 0.572. The molecule has 13 heavy (non-hydrogen) atoms. The zero-order chi connectivity index (χ0) is 9.90. The van der Waals surface area contributed by atoms with E-state index >= 15 is 0 Å². The Morgan fingerprint density at radius 2 is 2.23 bits per heavy atom. The summed E-state index contributed by atoms with van der Waals surface area (Å²) in [6.07, 6.45) is 2.34. The summed E-state index contributed by atoms with van der Waals surface area (Å²) in [7, 11) is 0. The Morgan fingerprint density at radius 1 is 1.54 bits per heavy atom. The Hall–Kier alpha value is -0.610. The predicted octanol–water partition coefficient (Wildman–Crippen LogP) is 0.698. The van der Waals surface area contributed by atoms with E-state index in [0.29, 0.717) is 6.54 Å². The summed E-state index contributed by atoms with van der Waals surface area (Å²) in [5.74, 6) is -0.736. The quantitative estimate of drug-likeness (QED) is 0.681. The molecule has 2 N–H and O–H groups in total. The fraction of sp³-hybridized carbons (Fsp3) is 0.889. The molecule has 1 rings (SSSR count). The van der Waals surface area contributed by atoms with Gasteiger partial charge in [-0.2, -0.15) is 0 Å². The lowest BCUT2D eigenvalue weighted by atomic mass is 9.93. The van der Waals surface area contributed by atoms with Crippen molar-refractivity contribution in [1.29, 1.82) is 0 Å². The van der Waals surface area contributed by atoms with Gasteiger partial charge < -0.3 is 5.11 Å². The van der Waals surface area contributed by atoms with E-state index in [1.807, 2.05) is 5.01 Å². The van der Waals surface area contributed by atoms with E-state index in [1.54, 1.807) is 13.8 Å². The first-order valence-corrected chi connectivity index (χ1v) is 4.74. The topological polar surface area (TPSA) is 52.6 Å². The monoisotopic (exact) mass is 186 g/mol. The Bertz CT molecular complexity index is 186. The zero-order valence-corrected chi connectivity index (χ0v) is 8.34. The number of carboxylic acid groups (broad SMARTS) is 1. The van der Waals surface area contributed by atoms with E-state index in [0.717, 1.165) is 19.5 Å². The standard InChI is InChI=1S/C9H18N2O2/c1-9(2,8(12)13)7-11-6-4-3-5-10-11/h10H,3-7H2,1-2H3,(H,12,13).